The molecule has 1 unspecified atom stereocenters. The van der Waals surface area contributed by atoms with Crippen LogP contribution in [0.15, 0.2) is 0 Å². The van der Waals surface area contributed by atoms with Crippen LogP contribution >= 0.6 is 64.8 Å². The molecule has 1 saturated heterocycles. The molecule has 3 rings (SSSR count). The number of hydrogen-bond acceptors (Lipinski definition) is 6. The van der Waals surface area contributed by atoms with E-state index in [1.54, 1.807) is 0 Å². The Morgan fingerprint density at radius 2 is 1.20 bits per heavy atom. The van der Waals surface area contributed by atoms with Crippen LogP contribution in [0, 0.1) is 29.6 Å². The molecule has 4 bridgehead atoms. The summed E-state index contributed by atoms with van der Waals surface area (Å²) in [6.07, 6.45) is 10.5. The molecule has 0 nitrogen and oxygen atoms in total. The maximum absolute atomic E-state index is 2.28. The molecule has 0 aromatic heterocycles. The molecule has 1 aliphatic heterocycles. The van der Waals surface area contributed by atoms with Crippen LogP contribution in [0.2, 0.25) is 0 Å². The summed E-state index contributed by atoms with van der Waals surface area (Å²) >= 11 is 0. The minimum Gasteiger partial charge on any atom is -0.0944 e. The van der Waals surface area contributed by atoms with Gasteiger partial charge in [0.15, 0.2) is 0 Å². The first kappa shape index (κ1) is 21.8. The van der Waals surface area contributed by atoms with Crippen molar-refractivity contribution < 1.29 is 0 Å². The van der Waals surface area contributed by atoms with Gasteiger partial charge in [-0.05, 0) is 68.1 Å². The Morgan fingerprint density at radius 3 is 1.76 bits per heavy atom. The van der Waals surface area contributed by atoms with Crippen molar-refractivity contribution in [1.29, 1.82) is 0 Å². The van der Waals surface area contributed by atoms with Crippen LogP contribution < -0.4 is 0 Å². The Bertz CT molecular complexity index is 340. The number of hydrogen-bond donors (Lipinski definition) is 0. The molecule has 0 aromatic carbocycles. The van der Waals surface area contributed by atoms with Crippen molar-refractivity contribution in [2.24, 2.45) is 29.6 Å². The fourth-order valence-corrected chi connectivity index (χ4v) is 12.5. The van der Waals surface area contributed by atoms with Gasteiger partial charge in [-0.2, -0.15) is 0 Å². The van der Waals surface area contributed by atoms with E-state index in [-0.39, 0.29) is 0 Å². The summed E-state index contributed by atoms with van der Waals surface area (Å²) in [6, 6.07) is 0. The van der Waals surface area contributed by atoms with Gasteiger partial charge in [-0.1, -0.05) is 78.1 Å². The van der Waals surface area contributed by atoms with E-state index in [1.165, 1.54) is 79.5 Å². The van der Waals surface area contributed by atoms with Crippen molar-refractivity contribution in [3.05, 3.63) is 0 Å². The summed E-state index contributed by atoms with van der Waals surface area (Å²) in [4.78, 5) is 0. The lowest BCUT2D eigenvalue weighted by molar-refractivity contribution is 0.243. The van der Waals surface area contributed by atoms with Crippen molar-refractivity contribution in [3.63, 3.8) is 0 Å². The van der Waals surface area contributed by atoms with E-state index < -0.39 is 0 Å². The van der Waals surface area contributed by atoms with E-state index in [1.807, 2.05) is 0 Å². The van der Waals surface area contributed by atoms with Crippen LogP contribution in [0.25, 0.3) is 0 Å². The highest BCUT2D eigenvalue weighted by atomic mass is 33.1. The zero-order chi connectivity index (χ0) is 17.3. The van der Waals surface area contributed by atoms with Gasteiger partial charge < -0.3 is 0 Å². The molecule has 0 amide bonds. The monoisotopic (exact) mass is 454 g/mol. The third-order valence-corrected chi connectivity index (χ3v) is 13.8. The normalized spacial score (nSPS) is 38.0. The number of rotatable bonds is 4. The largest absolute Gasteiger partial charge is 0.0944 e. The maximum Gasteiger partial charge on any atom is 0.00655 e. The average Bonchev–Trinajstić information content (AvgIpc) is 2.62. The van der Waals surface area contributed by atoms with Crippen LogP contribution in [-0.2, 0) is 0 Å². The van der Waals surface area contributed by atoms with E-state index in [9.17, 15) is 0 Å². The molecule has 2 aliphatic carbocycles. The zero-order valence-electron chi connectivity index (χ0n) is 15.5. The Kier molecular flexibility index (Phi) is 11.0. The van der Waals surface area contributed by atoms with Gasteiger partial charge in [0.1, 0.15) is 0 Å². The molecular formula is C19H34S6. The van der Waals surface area contributed by atoms with Crippen LogP contribution in [0.5, 0.6) is 0 Å². The SMILES string of the molecule is CCSSCC1C[C@H]2CSSC[C@@H]3CCC[C@H](CSSC[C@@H](C1)C2)C3. The lowest BCUT2D eigenvalue weighted by Crippen LogP contribution is -2.27. The third kappa shape index (κ3) is 8.16. The summed E-state index contributed by atoms with van der Waals surface area (Å²) in [5.74, 6) is 13.3. The van der Waals surface area contributed by atoms with E-state index in [2.05, 4.69) is 71.7 Å². The van der Waals surface area contributed by atoms with Gasteiger partial charge in [-0.25, -0.2) is 0 Å². The van der Waals surface area contributed by atoms with Crippen LogP contribution in [0.3, 0.4) is 0 Å². The van der Waals surface area contributed by atoms with Gasteiger partial charge in [-0.15, -0.1) is 0 Å². The molecule has 0 N–H and O–H groups in total. The Labute approximate surface area is 179 Å². The molecule has 0 radical (unpaired) electrons. The minimum absolute atomic E-state index is 0.983. The van der Waals surface area contributed by atoms with E-state index in [0.29, 0.717) is 0 Å². The molecule has 146 valence electrons. The van der Waals surface area contributed by atoms with Gasteiger partial charge in [0.05, 0.1) is 0 Å². The summed E-state index contributed by atoms with van der Waals surface area (Å²) in [5, 5.41) is 0. The predicted octanol–water partition coefficient (Wildman–Crippen LogP) is 8.00. The lowest BCUT2D eigenvalue weighted by atomic mass is 9.77. The topological polar surface area (TPSA) is 0 Å². The molecule has 3 aliphatic rings. The van der Waals surface area contributed by atoms with Crippen LogP contribution in [-0.4, -0.2) is 34.5 Å². The smallest absolute Gasteiger partial charge is 0.00655 e. The lowest BCUT2D eigenvalue weighted by Gasteiger charge is -2.35. The second-order valence-corrected chi connectivity index (χ2v) is 15.9. The van der Waals surface area contributed by atoms with Gasteiger partial charge in [0, 0.05) is 34.5 Å². The Morgan fingerprint density at radius 1 is 0.680 bits per heavy atom. The first-order valence-electron chi connectivity index (χ1n) is 10.1. The number of fused-ring (bicyclic) bond motifs is 4. The summed E-state index contributed by atoms with van der Waals surface area (Å²) < 4.78 is 0. The predicted molar refractivity (Wildman–Crippen MR) is 130 cm³/mol. The molecule has 25 heavy (non-hydrogen) atoms. The second kappa shape index (κ2) is 12.6. The molecule has 2 saturated carbocycles. The highest BCUT2D eigenvalue weighted by Crippen LogP contribution is 2.44. The Balaban J connectivity index is 1.51. The van der Waals surface area contributed by atoms with Crippen molar-refractivity contribution in [1.82, 2.24) is 0 Å². The molecule has 0 spiro atoms. The van der Waals surface area contributed by atoms with Gasteiger partial charge in [0.2, 0.25) is 0 Å². The van der Waals surface area contributed by atoms with Gasteiger partial charge in [-0.3, -0.25) is 0 Å². The van der Waals surface area contributed by atoms with Crippen LogP contribution in [0.1, 0.15) is 51.9 Å². The first-order chi connectivity index (χ1) is 12.3. The molecular weight excluding hydrogens is 421 g/mol. The first-order valence-corrected chi connectivity index (χ1v) is 17.5. The second-order valence-electron chi connectivity index (χ2n) is 8.03. The molecule has 3 fully saturated rings. The van der Waals surface area contributed by atoms with E-state index >= 15 is 0 Å². The maximum atomic E-state index is 2.28. The highest BCUT2D eigenvalue weighted by Gasteiger charge is 2.30. The van der Waals surface area contributed by atoms with Gasteiger partial charge in [0.25, 0.3) is 0 Å². The zero-order valence-corrected chi connectivity index (χ0v) is 20.4. The fourth-order valence-electron chi connectivity index (χ4n) is 4.62. The molecule has 5 atom stereocenters. The third-order valence-electron chi connectivity index (χ3n) is 5.78. The van der Waals surface area contributed by atoms with Crippen molar-refractivity contribution in [2.45, 2.75) is 51.9 Å². The standard InChI is InChI=1S/C19H34S6/c1-2-20-21-12-17-7-18-9-19(8-17)14-25-23-11-16-5-3-4-15(6-16)10-22-24-13-18/h15-19H,2-14H2,1H3/t15-,16+,17?,18-,19+. The van der Waals surface area contributed by atoms with Crippen molar-refractivity contribution >= 4 is 64.8 Å². The van der Waals surface area contributed by atoms with Crippen molar-refractivity contribution in [3.8, 4) is 0 Å². The summed E-state index contributed by atoms with van der Waals surface area (Å²) in [7, 11) is 13.1. The van der Waals surface area contributed by atoms with E-state index in [4.69, 9.17) is 0 Å². The van der Waals surface area contributed by atoms with Gasteiger partial charge >= 0.3 is 0 Å². The van der Waals surface area contributed by atoms with Crippen molar-refractivity contribution in [2.75, 3.05) is 34.5 Å². The highest BCUT2D eigenvalue weighted by molar-refractivity contribution is 8.77. The van der Waals surface area contributed by atoms with E-state index in [0.717, 1.165) is 29.6 Å². The molecule has 1 heterocycles. The Hall–Kier alpha value is 2.10. The summed E-state index contributed by atoms with van der Waals surface area (Å²) in [5.41, 5.74) is 0. The molecule has 0 aromatic rings. The summed E-state index contributed by atoms with van der Waals surface area (Å²) in [6.45, 7) is 2.28. The van der Waals surface area contributed by atoms with Crippen LogP contribution in [0.4, 0.5) is 0 Å². The quantitative estimate of drug-likeness (QED) is 0.309. The minimum atomic E-state index is 0.983. The fraction of sp³-hybridized carbons (Fsp3) is 1.00. The molecule has 6 heteroatoms. The average molecular weight is 455 g/mol.